The Hall–Kier alpha value is -2.62. The van der Waals surface area contributed by atoms with Crippen LogP contribution in [0.2, 0.25) is 0 Å². The average Bonchev–Trinajstić information content (AvgIpc) is 3.01. The molecule has 1 aromatic carbocycles. The number of ether oxygens (including phenoxy) is 1. The number of hydrogen-bond donors (Lipinski definition) is 0. The Labute approximate surface area is 157 Å². The maximum absolute atomic E-state index is 12.7. The van der Waals surface area contributed by atoms with E-state index in [-0.39, 0.29) is 23.7 Å². The van der Waals surface area contributed by atoms with Crippen molar-refractivity contribution in [2.45, 2.75) is 18.6 Å². The summed E-state index contributed by atoms with van der Waals surface area (Å²) in [6.45, 7) is 3.44. The average molecular weight is 394 g/mol. The molecule has 0 unspecified atom stereocenters. The minimum Gasteiger partial charge on any atom is -0.450 e. The second-order valence-corrected chi connectivity index (χ2v) is 8.22. The molecule has 0 N–H and O–H groups in total. The van der Waals surface area contributed by atoms with Crippen LogP contribution in [0.5, 0.6) is 0 Å². The van der Waals surface area contributed by atoms with Gasteiger partial charge in [-0.05, 0) is 19.1 Å². The number of carbonyl (C=O) groups is 2. The van der Waals surface area contributed by atoms with Crippen LogP contribution in [0, 0.1) is 0 Å². The molecular weight excluding hydrogens is 372 g/mol. The summed E-state index contributed by atoms with van der Waals surface area (Å²) in [6.07, 6.45) is 0.692. The van der Waals surface area contributed by atoms with Crippen molar-refractivity contribution in [1.82, 2.24) is 19.4 Å². The molecule has 2 amide bonds. The smallest absolute Gasteiger partial charge is 0.409 e. The largest absolute Gasteiger partial charge is 0.450 e. The molecular formula is C17H22N4O5S. The molecule has 0 bridgehead atoms. The topological polar surface area (TPSA) is 102 Å². The highest BCUT2D eigenvalue weighted by Gasteiger charge is 2.27. The van der Waals surface area contributed by atoms with E-state index in [1.54, 1.807) is 41.0 Å². The minimum atomic E-state index is -3.59. The van der Waals surface area contributed by atoms with Gasteiger partial charge >= 0.3 is 6.09 Å². The summed E-state index contributed by atoms with van der Waals surface area (Å²) < 4.78 is 30.6. The number of para-hydroxylation sites is 2. The molecule has 1 aliphatic rings. The van der Waals surface area contributed by atoms with Crippen LogP contribution in [0.15, 0.2) is 29.4 Å². The lowest BCUT2D eigenvalue weighted by atomic mass is 10.3. The first-order chi connectivity index (χ1) is 12.8. The molecule has 0 saturated carbocycles. The van der Waals surface area contributed by atoms with Gasteiger partial charge in [-0.15, -0.1) is 0 Å². The number of carbonyl (C=O) groups excluding carboxylic acids is 2. The van der Waals surface area contributed by atoms with E-state index in [4.69, 9.17) is 4.74 Å². The van der Waals surface area contributed by atoms with E-state index in [9.17, 15) is 18.0 Å². The molecule has 0 spiro atoms. The van der Waals surface area contributed by atoms with Crippen LogP contribution in [0.25, 0.3) is 11.0 Å². The van der Waals surface area contributed by atoms with Crippen molar-refractivity contribution in [3.8, 4) is 0 Å². The van der Waals surface area contributed by atoms with E-state index >= 15 is 0 Å². The van der Waals surface area contributed by atoms with Gasteiger partial charge in [0.1, 0.15) is 6.54 Å². The maximum atomic E-state index is 12.7. The highest BCUT2D eigenvalue weighted by atomic mass is 32.2. The fourth-order valence-electron chi connectivity index (χ4n) is 3.08. The number of fused-ring (bicyclic) bond motifs is 1. The van der Waals surface area contributed by atoms with Crippen LogP contribution in [-0.4, -0.2) is 78.8 Å². The minimum absolute atomic E-state index is 0.123. The number of rotatable bonds is 4. The van der Waals surface area contributed by atoms with Gasteiger partial charge in [-0.3, -0.25) is 4.79 Å². The molecule has 1 aliphatic heterocycles. The third kappa shape index (κ3) is 4.05. The van der Waals surface area contributed by atoms with Gasteiger partial charge in [0.05, 0.1) is 17.6 Å². The Morgan fingerprint density at radius 1 is 1.11 bits per heavy atom. The van der Waals surface area contributed by atoms with Crippen LogP contribution < -0.4 is 0 Å². The predicted molar refractivity (Wildman–Crippen MR) is 98.0 cm³/mol. The Morgan fingerprint density at radius 2 is 1.74 bits per heavy atom. The standard InChI is InChI=1S/C17H22N4O5S/c1-3-26-17(23)20-10-8-19(9-11-20)15(22)12-21-14-7-5-4-6-13(14)18-16(21)27(2,24)25/h4-7H,3,8-12H2,1-2H3. The molecule has 10 heteroatoms. The zero-order valence-electron chi connectivity index (χ0n) is 15.3. The first-order valence-electron chi connectivity index (χ1n) is 8.66. The van der Waals surface area contributed by atoms with Crippen molar-refractivity contribution < 1.29 is 22.7 Å². The van der Waals surface area contributed by atoms with Gasteiger partial charge < -0.3 is 19.1 Å². The third-order valence-electron chi connectivity index (χ3n) is 4.40. The number of nitrogens with zero attached hydrogens (tertiary/aromatic N) is 4. The van der Waals surface area contributed by atoms with Crippen LogP contribution >= 0.6 is 0 Å². The first-order valence-corrected chi connectivity index (χ1v) is 10.5. The predicted octanol–water partition coefficient (Wildman–Crippen LogP) is 0.741. The Kier molecular flexibility index (Phi) is 5.36. The quantitative estimate of drug-likeness (QED) is 0.758. The van der Waals surface area contributed by atoms with E-state index in [0.717, 1.165) is 6.26 Å². The molecule has 0 radical (unpaired) electrons. The number of piperazine rings is 1. The first kappa shape index (κ1) is 19.2. The van der Waals surface area contributed by atoms with Gasteiger partial charge in [-0.2, -0.15) is 0 Å². The second kappa shape index (κ2) is 7.55. The second-order valence-electron chi connectivity index (χ2n) is 6.31. The van der Waals surface area contributed by atoms with E-state index in [0.29, 0.717) is 43.8 Å². The fraction of sp³-hybridized carbons (Fsp3) is 0.471. The number of aromatic nitrogens is 2. The molecule has 9 nitrogen and oxygen atoms in total. The van der Waals surface area contributed by atoms with Crippen molar-refractivity contribution in [3.63, 3.8) is 0 Å². The molecule has 1 saturated heterocycles. The molecule has 3 rings (SSSR count). The summed E-state index contributed by atoms with van der Waals surface area (Å²) in [6, 6.07) is 6.99. The Bertz CT molecular complexity index is 961. The summed E-state index contributed by atoms with van der Waals surface area (Å²) in [4.78, 5) is 31.8. The zero-order valence-corrected chi connectivity index (χ0v) is 16.1. The molecule has 0 atom stereocenters. The third-order valence-corrected chi connectivity index (χ3v) is 5.38. The number of benzene rings is 1. The van der Waals surface area contributed by atoms with Crippen molar-refractivity contribution in [2.75, 3.05) is 39.0 Å². The van der Waals surface area contributed by atoms with Gasteiger partial charge in [-0.1, -0.05) is 12.1 Å². The summed E-state index contributed by atoms with van der Waals surface area (Å²) in [5.74, 6) is -0.216. The molecule has 2 aromatic rings. The number of amides is 2. The van der Waals surface area contributed by atoms with Crippen LogP contribution in [0.3, 0.4) is 0 Å². The summed E-state index contributed by atoms with van der Waals surface area (Å²) in [5.41, 5.74) is 1.12. The van der Waals surface area contributed by atoms with E-state index in [1.165, 1.54) is 4.57 Å². The molecule has 0 aliphatic carbocycles. The van der Waals surface area contributed by atoms with E-state index in [2.05, 4.69) is 4.98 Å². The fourth-order valence-corrected chi connectivity index (χ4v) is 3.91. The SMILES string of the molecule is CCOC(=O)N1CCN(C(=O)Cn2c(S(C)(=O)=O)nc3ccccc32)CC1. The summed E-state index contributed by atoms with van der Waals surface area (Å²) in [7, 11) is -3.59. The van der Waals surface area contributed by atoms with Crippen LogP contribution in [-0.2, 0) is 25.9 Å². The lowest BCUT2D eigenvalue weighted by Crippen LogP contribution is -2.51. The highest BCUT2D eigenvalue weighted by molar-refractivity contribution is 7.90. The van der Waals surface area contributed by atoms with Gasteiger partial charge in [0.25, 0.3) is 0 Å². The lowest BCUT2D eigenvalue weighted by molar-refractivity contribution is -0.133. The normalized spacial score (nSPS) is 15.2. The maximum Gasteiger partial charge on any atom is 0.409 e. The molecule has 2 heterocycles. The van der Waals surface area contributed by atoms with Gasteiger partial charge in [0.15, 0.2) is 0 Å². The van der Waals surface area contributed by atoms with Gasteiger partial charge in [-0.25, -0.2) is 18.2 Å². The van der Waals surface area contributed by atoms with E-state index < -0.39 is 9.84 Å². The van der Waals surface area contributed by atoms with Crippen molar-refractivity contribution in [2.24, 2.45) is 0 Å². The molecule has 146 valence electrons. The van der Waals surface area contributed by atoms with Crippen LogP contribution in [0.1, 0.15) is 6.92 Å². The zero-order chi connectivity index (χ0) is 19.6. The summed E-state index contributed by atoms with van der Waals surface area (Å²) in [5, 5.41) is -0.123. The number of imidazole rings is 1. The van der Waals surface area contributed by atoms with Gasteiger partial charge in [0.2, 0.25) is 20.9 Å². The highest BCUT2D eigenvalue weighted by Crippen LogP contribution is 2.20. The molecule has 1 aromatic heterocycles. The monoisotopic (exact) mass is 394 g/mol. The van der Waals surface area contributed by atoms with E-state index in [1.807, 2.05) is 0 Å². The molecule has 1 fully saturated rings. The number of sulfone groups is 1. The lowest BCUT2D eigenvalue weighted by Gasteiger charge is -2.34. The summed E-state index contributed by atoms with van der Waals surface area (Å²) >= 11 is 0. The van der Waals surface area contributed by atoms with Gasteiger partial charge in [0, 0.05) is 32.4 Å². The molecule has 27 heavy (non-hydrogen) atoms. The van der Waals surface area contributed by atoms with Crippen molar-refractivity contribution in [1.29, 1.82) is 0 Å². The van der Waals surface area contributed by atoms with Crippen molar-refractivity contribution in [3.05, 3.63) is 24.3 Å². The number of hydrogen-bond acceptors (Lipinski definition) is 6. The van der Waals surface area contributed by atoms with Crippen LogP contribution in [0.4, 0.5) is 4.79 Å². The Morgan fingerprint density at radius 3 is 2.37 bits per heavy atom. The Balaban J connectivity index is 1.76. The van der Waals surface area contributed by atoms with Crippen molar-refractivity contribution >= 4 is 32.9 Å².